The number of methoxy groups -OCH3 is 1. The lowest BCUT2D eigenvalue weighted by Crippen LogP contribution is -2.58. The molecule has 0 aromatic rings. The van der Waals surface area contributed by atoms with Crippen LogP contribution in [-0.4, -0.2) is 62.6 Å². The quantitative estimate of drug-likeness (QED) is 0.510. The lowest BCUT2D eigenvalue weighted by Gasteiger charge is -2.40. The molecule has 4 atom stereocenters. The van der Waals surface area contributed by atoms with Gasteiger partial charge in [0.15, 0.2) is 18.3 Å². The molecule has 0 radical (unpaired) electrons. The molecule has 0 bridgehead atoms. The summed E-state index contributed by atoms with van der Waals surface area (Å²) in [5.74, 6) is -1.69. The van der Waals surface area contributed by atoms with Gasteiger partial charge in [0.1, 0.15) is 6.10 Å². The van der Waals surface area contributed by atoms with Gasteiger partial charge < -0.3 is 23.7 Å². The molecule has 1 aliphatic heterocycles. The first-order valence-electron chi connectivity index (χ1n) is 6.47. The van der Waals surface area contributed by atoms with Crippen LogP contribution in [0.5, 0.6) is 0 Å². The molecule has 0 unspecified atom stereocenters. The van der Waals surface area contributed by atoms with Gasteiger partial charge in [0.25, 0.3) is 0 Å². The van der Waals surface area contributed by atoms with Crippen molar-refractivity contribution >= 4 is 17.9 Å². The monoisotopic (exact) mass is 304 g/mol. The van der Waals surface area contributed by atoms with Crippen molar-refractivity contribution in [1.29, 1.82) is 0 Å². The van der Waals surface area contributed by atoms with Gasteiger partial charge in [-0.05, 0) is 0 Å². The van der Waals surface area contributed by atoms with Crippen molar-refractivity contribution in [3.63, 3.8) is 0 Å². The van der Waals surface area contributed by atoms with E-state index in [1.165, 1.54) is 27.9 Å². The predicted molar refractivity (Wildman–Crippen MR) is 68.3 cm³/mol. The largest absolute Gasteiger partial charge is 0.456 e. The van der Waals surface area contributed by atoms with Crippen LogP contribution in [0.4, 0.5) is 0 Å². The van der Waals surface area contributed by atoms with Gasteiger partial charge in [-0.3, -0.25) is 14.4 Å². The van der Waals surface area contributed by atoms with Crippen molar-refractivity contribution in [3.8, 4) is 0 Å². The van der Waals surface area contributed by atoms with E-state index >= 15 is 0 Å². The Morgan fingerprint density at radius 3 is 1.95 bits per heavy atom. The Hall–Kier alpha value is -1.67. The molecule has 120 valence electrons. The summed E-state index contributed by atoms with van der Waals surface area (Å²) < 4.78 is 25.9. The molecule has 1 rings (SSSR count). The minimum absolute atomic E-state index is 0.0172. The van der Waals surface area contributed by atoms with Crippen LogP contribution in [0.1, 0.15) is 20.8 Å². The molecule has 1 fully saturated rings. The van der Waals surface area contributed by atoms with E-state index in [2.05, 4.69) is 0 Å². The molecule has 0 spiro atoms. The van der Waals surface area contributed by atoms with E-state index in [0.717, 1.165) is 0 Å². The van der Waals surface area contributed by atoms with Crippen molar-refractivity contribution in [2.45, 2.75) is 45.2 Å². The molecule has 1 aliphatic rings. The van der Waals surface area contributed by atoms with E-state index in [1.54, 1.807) is 0 Å². The van der Waals surface area contributed by atoms with E-state index < -0.39 is 42.3 Å². The van der Waals surface area contributed by atoms with Gasteiger partial charge in [0.05, 0.1) is 13.2 Å². The molecule has 0 amide bonds. The van der Waals surface area contributed by atoms with Gasteiger partial charge in [-0.25, -0.2) is 0 Å². The summed E-state index contributed by atoms with van der Waals surface area (Å²) >= 11 is 0. The van der Waals surface area contributed by atoms with Crippen LogP contribution in [0.15, 0.2) is 0 Å². The molecule has 8 heteroatoms. The highest BCUT2D eigenvalue weighted by Crippen LogP contribution is 2.24. The van der Waals surface area contributed by atoms with E-state index in [-0.39, 0.29) is 13.2 Å². The fourth-order valence-electron chi connectivity index (χ4n) is 2.12. The second-order valence-corrected chi connectivity index (χ2v) is 4.62. The number of hydrogen-bond donors (Lipinski definition) is 0. The Bertz CT molecular complexity index is 394. The van der Waals surface area contributed by atoms with Crippen LogP contribution in [0.25, 0.3) is 0 Å². The second kappa shape index (κ2) is 7.94. The molecule has 0 aromatic carbocycles. The van der Waals surface area contributed by atoms with Crippen molar-refractivity contribution < 1.29 is 38.1 Å². The summed E-state index contributed by atoms with van der Waals surface area (Å²) in [5.41, 5.74) is 0. The maximum absolute atomic E-state index is 11.3. The number of carbonyl (C=O) groups excluding carboxylic acids is 3. The standard InChI is InChI=1S/C13H20O8/c1-7(14)19-11-6-18-10(5-17-4)12(20-8(2)15)13(11)21-9(3)16/h10-13H,5-6H2,1-4H3/t10-,11+,12-,13-/m1/s1. The van der Waals surface area contributed by atoms with E-state index in [9.17, 15) is 14.4 Å². The van der Waals surface area contributed by atoms with Crippen molar-refractivity contribution in [2.75, 3.05) is 20.3 Å². The molecule has 0 aromatic heterocycles. The normalized spacial score (nSPS) is 28.6. The zero-order chi connectivity index (χ0) is 16.0. The molecular formula is C13H20O8. The SMILES string of the molecule is COC[C@H]1OC[C@H](OC(C)=O)[C@@H](OC(C)=O)[C@@H]1OC(C)=O. The van der Waals surface area contributed by atoms with Gasteiger partial charge in [0.2, 0.25) is 0 Å². The molecule has 0 saturated carbocycles. The second-order valence-electron chi connectivity index (χ2n) is 4.62. The first kappa shape index (κ1) is 17.4. The van der Waals surface area contributed by atoms with Crippen LogP contribution in [0.3, 0.4) is 0 Å². The third-order valence-corrected chi connectivity index (χ3v) is 2.78. The minimum Gasteiger partial charge on any atom is -0.456 e. The predicted octanol–water partition coefficient (Wildman–Crippen LogP) is -0.173. The number of carbonyl (C=O) groups is 3. The van der Waals surface area contributed by atoms with E-state index in [0.29, 0.717) is 0 Å². The zero-order valence-electron chi connectivity index (χ0n) is 12.5. The summed E-state index contributed by atoms with van der Waals surface area (Å²) in [6.45, 7) is 3.83. The van der Waals surface area contributed by atoms with Crippen molar-refractivity contribution in [3.05, 3.63) is 0 Å². The summed E-state index contributed by atoms with van der Waals surface area (Å²) in [4.78, 5) is 33.6. The van der Waals surface area contributed by atoms with Crippen molar-refractivity contribution in [2.24, 2.45) is 0 Å². The molecule has 1 saturated heterocycles. The molecule has 1 heterocycles. The highest BCUT2D eigenvalue weighted by Gasteiger charge is 2.46. The van der Waals surface area contributed by atoms with Gasteiger partial charge in [0, 0.05) is 27.9 Å². The number of esters is 3. The highest BCUT2D eigenvalue weighted by molar-refractivity contribution is 5.68. The summed E-state index contributed by atoms with van der Waals surface area (Å²) in [6.07, 6.45) is -3.31. The minimum atomic E-state index is -0.941. The van der Waals surface area contributed by atoms with Crippen LogP contribution in [-0.2, 0) is 38.1 Å². The Labute approximate surface area is 122 Å². The van der Waals surface area contributed by atoms with Gasteiger partial charge >= 0.3 is 17.9 Å². The average Bonchev–Trinajstić information content (AvgIpc) is 2.35. The highest BCUT2D eigenvalue weighted by atomic mass is 16.6. The Balaban J connectivity index is 2.97. The average molecular weight is 304 g/mol. The van der Waals surface area contributed by atoms with Crippen LogP contribution in [0, 0.1) is 0 Å². The topological polar surface area (TPSA) is 97.4 Å². The summed E-state index contributed by atoms with van der Waals surface area (Å²) in [6, 6.07) is 0. The summed E-state index contributed by atoms with van der Waals surface area (Å²) in [7, 11) is 1.47. The molecule has 0 N–H and O–H groups in total. The molecule has 0 aliphatic carbocycles. The van der Waals surface area contributed by atoms with E-state index in [1.807, 2.05) is 0 Å². The number of hydrogen-bond acceptors (Lipinski definition) is 8. The molecule has 8 nitrogen and oxygen atoms in total. The number of rotatable bonds is 5. The van der Waals surface area contributed by atoms with Gasteiger partial charge in [-0.1, -0.05) is 0 Å². The van der Waals surface area contributed by atoms with Crippen LogP contribution >= 0.6 is 0 Å². The fourth-order valence-corrected chi connectivity index (χ4v) is 2.12. The third-order valence-electron chi connectivity index (χ3n) is 2.78. The van der Waals surface area contributed by atoms with Crippen LogP contribution in [0.2, 0.25) is 0 Å². The summed E-state index contributed by atoms with van der Waals surface area (Å²) in [5, 5.41) is 0. The number of ether oxygens (including phenoxy) is 5. The lowest BCUT2D eigenvalue weighted by molar-refractivity contribution is -0.230. The Morgan fingerprint density at radius 2 is 1.48 bits per heavy atom. The fraction of sp³-hybridized carbons (Fsp3) is 0.769. The van der Waals surface area contributed by atoms with Gasteiger partial charge in [-0.15, -0.1) is 0 Å². The Kier molecular flexibility index (Phi) is 6.57. The molecular weight excluding hydrogens is 284 g/mol. The zero-order valence-corrected chi connectivity index (χ0v) is 12.5. The van der Waals surface area contributed by atoms with Gasteiger partial charge in [-0.2, -0.15) is 0 Å². The lowest BCUT2D eigenvalue weighted by atomic mass is 9.99. The maximum Gasteiger partial charge on any atom is 0.303 e. The van der Waals surface area contributed by atoms with Crippen LogP contribution < -0.4 is 0 Å². The smallest absolute Gasteiger partial charge is 0.303 e. The third kappa shape index (κ3) is 5.31. The first-order chi connectivity index (χ1) is 9.85. The van der Waals surface area contributed by atoms with E-state index in [4.69, 9.17) is 23.7 Å². The molecule has 21 heavy (non-hydrogen) atoms. The Morgan fingerprint density at radius 1 is 0.952 bits per heavy atom. The first-order valence-corrected chi connectivity index (χ1v) is 6.47. The van der Waals surface area contributed by atoms with Crippen molar-refractivity contribution in [1.82, 2.24) is 0 Å². The maximum atomic E-state index is 11.3.